The van der Waals surface area contributed by atoms with Crippen LogP contribution in [0.2, 0.25) is 0 Å². The molecule has 5 rings (SSSR count). The number of carbonyl (C=O) groups excluding carboxylic acids is 1. The Morgan fingerprint density at radius 1 is 1.00 bits per heavy atom. The predicted molar refractivity (Wildman–Crippen MR) is 168 cm³/mol. The number of hydrogen-bond donors (Lipinski definition) is 4. The van der Waals surface area contributed by atoms with E-state index in [2.05, 4.69) is 42.7 Å². The Morgan fingerprint density at radius 2 is 1.71 bits per heavy atom. The van der Waals surface area contributed by atoms with Crippen LogP contribution in [-0.2, 0) is 16.0 Å². The minimum absolute atomic E-state index is 0.0631. The molecule has 8 nitrogen and oxygen atoms in total. The van der Waals surface area contributed by atoms with Gasteiger partial charge < -0.3 is 19.7 Å². The zero-order chi connectivity index (χ0) is 29.5. The first-order chi connectivity index (χ1) is 20.4. The Kier molecular flexibility index (Phi) is 10.3. The van der Waals surface area contributed by atoms with Gasteiger partial charge in [0.1, 0.15) is 5.75 Å². The highest BCUT2D eigenvalue weighted by Crippen LogP contribution is 2.43. The molecule has 1 fully saturated rings. The molecule has 0 bridgehead atoms. The number of aliphatic hydroxyl groups is 2. The van der Waals surface area contributed by atoms with Crippen LogP contribution < -0.4 is 15.6 Å². The molecule has 0 radical (unpaired) electrons. The Labute approximate surface area is 262 Å². The van der Waals surface area contributed by atoms with E-state index in [0.29, 0.717) is 37.5 Å². The van der Waals surface area contributed by atoms with Crippen molar-refractivity contribution in [3.05, 3.63) is 98.4 Å². The van der Waals surface area contributed by atoms with Gasteiger partial charge in [-0.2, -0.15) is 0 Å². The van der Waals surface area contributed by atoms with Crippen LogP contribution in [0.1, 0.15) is 54.9 Å². The smallest absolute Gasteiger partial charge is 0.266 e. The Bertz CT molecular complexity index is 1380. The lowest BCUT2D eigenvalue weighted by molar-refractivity contribution is -0.130. The third kappa shape index (κ3) is 7.23. The zero-order valence-corrected chi connectivity index (χ0v) is 26.3. The summed E-state index contributed by atoms with van der Waals surface area (Å²) in [5.41, 5.74) is 7.36. The number of hydrogen-bond acceptors (Lipinski definition) is 7. The van der Waals surface area contributed by atoms with Crippen molar-refractivity contribution in [3.63, 3.8) is 0 Å². The summed E-state index contributed by atoms with van der Waals surface area (Å²) in [6.07, 6.45) is 2.78. The lowest BCUT2D eigenvalue weighted by Gasteiger charge is -2.33. The van der Waals surface area contributed by atoms with Gasteiger partial charge in [0, 0.05) is 40.0 Å². The van der Waals surface area contributed by atoms with E-state index in [-0.39, 0.29) is 31.1 Å². The van der Waals surface area contributed by atoms with Gasteiger partial charge in [0.2, 0.25) is 5.90 Å². The van der Waals surface area contributed by atoms with E-state index in [1.165, 1.54) is 0 Å². The molecular weight excluding hydrogens is 666 g/mol. The fourth-order valence-electron chi connectivity index (χ4n) is 5.35. The molecule has 0 saturated heterocycles. The number of aliphatic hydroxyl groups excluding tert-OH is 2. The number of hydrazine groups is 1. The molecule has 3 aromatic carbocycles. The van der Waals surface area contributed by atoms with E-state index in [1.54, 1.807) is 0 Å². The van der Waals surface area contributed by atoms with Crippen LogP contribution in [0.5, 0.6) is 5.75 Å². The zero-order valence-electron chi connectivity index (χ0n) is 23.1. The van der Waals surface area contributed by atoms with Gasteiger partial charge in [0.05, 0.1) is 12.7 Å². The first kappa shape index (κ1) is 30.7. The fourth-order valence-corrected chi connectivity index (χ4v) is 6.04. The summed E-state index contributed by atoms with van der Waals surface area (Å²) in [6, 6.07) is 23.0. The molecule has 1 aliphatic carbocycles. The van der Waals surface area contributed by atoms with E-state index in [9.17, 15) is 9.90 Å². The van der Waals surface area contributed by atoms with Crippen molar-refractivity contribution >= 4 is 43.7 Å². The molecule has 1 saturated carbocycles. The second-order valence-corrected chi connectivity index (χ2v) is 12.5. The second-order valence-electron chi connectivity index (χ2n) is 10.7. The van der Waals surface area contributed by atoms with E-state index in [1.807, 2.05) is 72.8 Å². The summed E-state index contributed by atoms with van der Waals surface area (Å²) in [6.45, 7) is 0.487. The van der Waals surface area contributed by atoms with Gasteiger partial charge >= 0.3 is 0 Å². The largest absolute Gasteiger partial charge is 0.494 e. The van der Waals surface area contributed by atoms with Crippen molar-refractivity contribution < 1.29 is 24.5 Å². The standard InChI is InChI=1S/C32H35Br2N3O5/c33-24-10-6-21(7-11-24)29-32(20-23-4-1-2-5-28(23)34,31(40)37-36-25-12-14-26(39)15-13-25)35-30(42-29)22-8-16-27(17-9-22)41-19-3-18-38/h1-2,4-11,16-17,25-26,29,36,38-39H,3,12-15,18-20H2,(H,37,40)/t25?,26?,29-,32-/m0/s1. The summed E-state index contributed by atoms with van der Waals surface area (Å²) in [4.78, 5) is 19.4. The van der Waals surface area contributed by atoms with Crippen molar-refractivity contribution in [1.82, 2.24) is 10.9 Å². The maximum atomic E-state index is 14.3. The number of rotatable bonds is 11. The molecule has 0 aromatic heterocycles. The molecule has 3 aromatic rings. The van der Waals surface area contributed by atoms with Crippen LogP contribution in [-0.4, -0.2) is 52.9 Å². The van der Waals surface area contributed by atoms with Crippen molar-refractivity contribution in [1.29, 1.82) is 0 Å². The maximum absolute atomic E-state index is 14.3. The number of carbonyl (C=O) groups is 1. The molecule has 2 aliphatic rings. The number of nitrogens with one attached hydrogen (secondary N) is 2. The summed E-state index contributed by atoms with van der Waals surface area (Å²) in [5.74, 6) is 0.748. The molecule has 1 aliphatic heterocycles. The third-order valence-electron chi connectivity index (χ3n) is 7.71. The first-order valence-electron chi connectivity index (χ1n) is 14.2. The van der Waals surface area contributed by atoms with E-state index in [0.717, 1.165) is 38.5 Å². The summed E-state index contributed by atoms with van der Waals surface area (Å²) in [5, 5.41) is 19.0. The van der Waals surface area contributed by atoms with E-state index in [4.69, 9.17) is 19.6 Å². The summed E-state index contributed by atoms with van der Waals surface area (Å²) >= 11 is 7.18. The van der Waals surface area contributed by atoms with Crippen molar-refractivity contribution in [2.45, 2.75) is 62.3 Å². The molecule has 0 spiro atoms. The lowest BCUT2D eigenvalue weighted by atomic mass is 9.82. The molecule has 42 heavy (non-hydrogen) atoms. The van der Waals surface area contributed by atoms with Crippen molar-refractivity contribution in [2.75, 3.05) is 13.2 Å². The number of nitrogens with zero attached hydrogens (tertiary/aromatic N) is 1. The second kappa shape index (κ2) is 14.1. The minimum atomic E-state index is -1.33. The number of halogens is 2. The molecule has 1 amide bonds. The van der Waals surface area contributed by atoms with Gasteiger partial charge in [0.15, 0.2) is 11.6 Å². The van der Waals surface area contributed by atoms with Crippen LogP contribution >= 0.6 is 31.9 Å². The van der Waals surface area contributed by atoms with Gasteiger partial charge in [-0.05, 0) is 79.3 Å². The molecule has 0 unspecified atom stereocenters. The average Bonchev–Trinajstić information content (AvgIpc) is 3.39. The number of ether oxygens (including phenoxy) is 2. The number of aliphatic imine (C=N–C) groups is 1. The quantitative estimate of drug-likeness (QED) is 0.158. The van der Waals surface area contributed by atoms with E-state index < -0.39 is 11.6 Å². The van der Waals surface area contributed by atoms with Gasteiger partial charge in [-0.15, -0.1) is 0 Å². The summed E-state index contributed by atoms with van der Waals surface area (Å²) in [7, 11) is 0. The molecule has 10 heteroatoms. The van der Waals surface area contributed by atoms with Crippen LogP contribution in [0.25, 0.3) is 0 Å². The Morgan fingerprint density at radius 3 is 2.40 bits per heavy atom. The molecule has 4 N–H and O–H groups in total. The third-order valence-corrected chi connectivity index (χ3v) is 9.01. The highest BCUT2D eigenvalue weighted by molar-refractivity contribution is 9.10. The van der Waals surface area contributed by atoms with Gasteiger partial charge in [-0.1, -0.05) is 62.2 Å². The lowest BCUT2D eigenvalue weighted by Crippen LogP contribution is -2.56. The van der Waals surface area contributed by atoms with Gasteiger partial charge in [0.25, 0.3) is 5.91 Å². The molecular formula is C32H35Br2N3O5. The molecule has 1 heterocycles. The van der Waals surface area contributed by atoms with Crippen LogP contribution in [0.4, 0.5) is 0 Å². The van der Waals surface area contributed by atoms with Crippen molar-refractivity contribution in [3.8, 4) is 5.75 Å². The van der Waals surface area contributed by atoms with Gasteiger partial charge in [-0.3, -0.25) is 10.2 Å². The number of benzene rings is 3. The predicted octanol–water partition coefficient (Wildman–Crippen LogP) is 5.40. The highest BCUT2D eigenvalue weighted by atomic mass is 79.9. The first-order valence-corrected chi connectivity index (χ1v) is 15.8. The molecule has 2 atom stereocenters. The number of amides is 1. The monoisotopic (exact) mass is 699 g/mol. The average molecular weight is 701 g/mol. The Hall–Kier alpha value is -2.76. The minimum Gasteiger partial charge on any atom is -0.494 e. The van der Waals surface area contributed by atoms with Crippen LogP contribution in [0.3, 0.4) is 0 Å². The fraction of sp³-hybridized carbons (Fsp3) is 0.375. The summed E-state index contributed by atoms with van der Waals surface area (Å²) < 4.78 is 14.1. The normalized spacial score (nSPS) is 23.6. The van der Waals surface area contributed by atoms with Crippen LogP contribution in [0.15, 0.2) is 86.7 Å². The van der Waals surface area contributed by atoms with Gasteiger partial charge in [-0.25, -0.2) is 10.4 Å². The van der Waals surface area contributed by atoms with Crippen molar-refractivity contribution in [2.24, 2.45) is 4.99 Å². The Balaban J connectivity index is 1.51. The SMILES string of the molecule is O=C(NNC1CCC(O)CC1)[C@@]1(Cc2ccccc2Br)N=C(c2ccc(OCCCO)cc2)O[C@H]1c1ccc(Br)cc1. The maximum Gasteiger partial charge on any atom is 0.266 e. The van der Waals surface area contributed by atoms with E-state index >= 15 is 0 Å². The van der Waals surface area contributed by atoms with Crippen LogP contribution in [0, 0.1) is 0 Å². The topological polar surface area (TPSA) is 112 Å². The highest BCUT2D eigenvalue weighted by Gasteiger charge is 2.53. The molecule has 222 valence electrons.